The second kappa shape index (κ2) is 6.51. The Kier molecular flexibility index (Phi) is 4.49. The summed E-state index contributed by atoms with van der Waals surface area (Å²) < 4.78 is 0. The van der Waals surface area contributed by atoms with Gasteiger partial charge in [0.2, 0.25) is 0 Å². The largest absolute Gasteiger partial charge is 0.149 e. The zero-order valence-electron chi connectivity index (χ0n) is 10.6. The molecule has 0 aliphatic heterocycles. The Labute approximate surface area is 126 Å². The highest BCUT2D eigenvalue weighted by molar-refractivity contribution is 7.10. The van der Waals surface area contributed by atoms with E-state index < -0.39 is 0 Å². The fourth-order valence-electron chi connectivity index (χ4n) is 2.36. The van der Waals surface area contributed by atoms with Gasteiger partial charge in [-0.15, -0.1) is 34.0 Å². The van der Waals surface area contributed by atoms with Gasteiger partial charge in [-0.3, -0.25) is 0 Å². The van der Waals surface area contributed by atoms with Crippen LogP contribution in [0.25, 0.3) is 0 Å². The molecular weight excluding hydrogens is 288 g/mol. The lowest BCUT2D eigenvalue weighted by molar-refractivity contribution is 0.530. The molecular formula is C16H16S3. The Hall–Kier alpha value is -0.900. The van der Waals surface area contributed by atoms with E-state index in [-0.39, 0.29) is 0 Å². The van der Waals surface area contributed by atoms with Gasteiger partial charge in [-0.05, 0) is 59.5 Å². The van der Waals surface area contributed by atoms with Crippen LogP contribution in [-0.2, 0) is 19.3 Å². The molecule has 0 bridgehead atoms. The van der Waals surface area contributed by atoms with Crippen LogP contribution in [0.1, 0.15) is 14.6 Å². The third-order valence-electron chi connectivity index (χ3n) is 3.21. The summed E-state index contributed by atoms with van der Waals surface area (Å²) in [4.78, 5) is 4.54. The van der Waals surface area contributed by atoms with Crippen LogP contribution in [0, 0.1) is 5.92 Å². The Morgan fingerprint density at radius 2 is 1.00 bits per heavy atom. The van der Waals surface area contributed by atoms with Crippen molar-refractivity contribution in [2.75, 3.05) is 0 Å². The molecule has 0 N–H and O–H groups in total. The van der Waals surface area contributed by atoms with Crippen molar-refractivity contribution in [2.45, 2.75) is 19.3 Å². The SMILES string of the molecule is c1csc(CC(Cc2cccs2)Cc2cccs2)c1. The van der Waals surface area contributed by atoms with Gasteiger partial charge in [-0.2, -0.15) is 0 Å². The summed E-state index contributed by atoms with van der Waals surface area (Å²) >= 11 is 5.65. The van der Waals surface area contributed by atoms with Gasteiger partial charge < -0.3 is 0 Å². The molecule has 0 saturated heterocycles. The van der Waals surface area contributed by atoms with Crippen molar-refractivity contribution in [3.63, 3.8) is 0 Å². The topological polar surface area (TPSA) is 0 Å². The average molecular weight is 305 g/mol. The maximum Gasteiger partial charge on any atom is 0.00482 e. The molecule has 3 aromatic heterocycles. The monoisotopic (exact) mass is 304 g/mol. The fourth-order valence-corrected chi connectivity index (χ4v) is 4.82. The molecule has 3 aromatic rings. The van der Waals surface area contributed by atoms with Gasteiger partial charge in [-0.25, -0.2) is 0 Å². The number of hydrogen-bond acceptors (Lipinski definition) is 3. The van der Waals surface area contributed by atoms with E-state index in [0.717, 1.165) is 5.92 Å². The van der Waals surface area contributed by atoms with Crippen molar-refractivity contribution in [3.05, 3.63) is 67.2 Å². The smallest absolute Gasteiger partial charge is 0.00482 e. The average Bonchev–Trinajstić information content (AvgIpc) is 3.10. The van der Waals surface area contributed by atoms with Gasteiger partial charge in [0.15, 0.2) is 0 Å². The highest BCUT2D eigenvalue weighted by Gasteiger charge is 2.13. The first kappa shape index (κ1) is 13.1. The van der Waals surface area contributed by atoms with Crippen LogP contribution in [0.5, 0.6) is 0 Å². The van der Waals surface area contributed by atoms with E-state index in [1.165, 1.54) is 33.9 Å². The molecule has 0 spiro atoms. The molecule has 3 rings (SSSR count). The summed E-state index contributed by atoms with van der Waals surface area (Å²) in [6.45, 7) is 0. The lowest BCUT2D eigenvalue weighted by Crippen LogP contribution is -2.09. The van der Waals surface area contributed by atoms with E-state index >= 15 is 0 Å². The predicted octanol–water partition coefficient (Wildman–Crippen LogP) is 5.52. The Bertz CT molecular complexity index is 475. The molecule has 0 nitrogen and oxygen atoms in total. The van der Waals surface area contributed by atoms with Crippen LogP contribution in [0.15, 0.2) is 52.5 Å². The predicted molar refractivity (Wildman–Crippen MR) is 87.6 cm³/mol. The third-order valence-corrected chi connectivity index (χ3v) is 5.91. The first-order valence-electron chi connectivity index (χ1n) is 6.47. The molecule has 3 heterocycles. The van der Waals surface area contributed by atoms with Crippen LogP contribution in [0.3, 0.4) is 0 Å². The second-order valence-corrected chi connectivity index (χ2v) is 7.81. The molecule has 0 atom stereocenters. The summed E-state index contributed by atoms with van der Waals surface area (Å²) in [6, 6.07) is 13.3. The highest BCUT2D eigenvalue weighted by atomic mass is 32.1. The Balaban J connectivity index is 1.70. The van der Waals surface area contributed by atoms with Crippen molar-refractivity contribution in [1.29, 1.82) is 0 Å². The van der Waals surface area contributed by atoms with E-state index in [1.807, 2.05) is 34.0 Å². The van der Waals surface area contributed by atoms with E-state index in [1.54, 1.807) is 0 Å². The maximum atomic E-state index is 2.26. The number of hydrogen-bond donors (Lipinski definition) is 0. The van der Waals surface area contributed by atoms with Crippen molar-refractivity contribution >= 4 is 34.0 Å². The van der Waals surface area contributed by atoms with Gasteiger partial charge in [-0.1, -0.05) is 18.2 Å². The molecule has 0 fully saturated rings. The number of thiophene rings is 3. The second-order valence-electron chi connectivity index (χ2n) is 4.72. The molecule has 0 saturated carbocycles. The van der Waals surface area contributed by atoms with Crippen LogP contribution >= 0.6 is 34.0 Å². The first-order chi connectivity index (χ1) is 9.40. The summed E-state index contributed by atoms with van der Waals surface area (Å²) in [7, 11) is 0. The Morgan fingerprint density at radius 3 is 1.26 bits per heavy atom. The van der Waals surface area contributed by atoms with Gasteiger partial charge >= 0.3 is 0 Å². The summed E-state index contributed by atoms with van der Waals surface area (Å²) in [5.74, 6) is 0.718. The van der Waals surface area contributed by atoms with Crippen molar-refractivity contribution in [2.24, 2.45) is 5.92 Å². The van der Waals surface area contributed by atoms with Crippen molar-refractivity contribution in [3.8, 4) is 0 Å². The van der Waals surface area contributed by atoms with Gasteiger partial charge in [0.1, 0.15) is 0 Å². The molecule has 0 aromatic carbocycles. The van der Waals surface area contributed by atoms with E-state index in [0.29, 0.717) is 0 Å². The highest BCUT2D eigenvalue weighted by Crippen LogP contribution is 2.25. The summed E-state index contributed by atoms with van der Waals surface area (Å²) in [6.07, 6.45) is 3.61. The minimum absolute atomic E-state index is 0.718. The van der Waals surface area contributed by atoms with Crippen molar-refractivity contribution in [1.82, 2.24) is 0 Å². The van der Waals surface area contributed by atoms with Gasteiger partial charge in [0, 0.05) is 14.6 Å². The molecule has 3 heteroatoms. The van der Waals surface area contributed by atoms with Gasteiger partial charge in [0.25, 0.3) is 0 Å². The van der Waals surface area contributed by atoms with Crippen LogP contribution in [-0.4, -0.2) is 0 Å². The minimum atomic E-state index is 0.718. The van der Waals surface area contributed by atoms with Crippen LogP contribution in [0.4, 0.5) is 0 Å². The molecule has 19 heavy (non-hydrogen) atoms. The molecule has 0 aliphatic carbocycles. The third kappa shape index (κ3) is 3.78. The molecule has 0 unspecified atom stereocenters. The molecule has 0 aliphatic rings. The van der Waals surface area contributed by atoms with Crippen molar-refractivity contribution < 1.29 is 0 Å². The molecule has 98 valence electrons. The number of rotatable bonds is 6. The van der Waals surface area contributed by atoms with Gasteiger partial charge in [0.05, 0.1) is 0 Å². The Morgan fingerprint density at radius 1 is 0.632 bits per heavy atom. The lowest BCUT2D eigenvalue weighted by Gasteiger charge is -2.14. The maximum absolute atomic E-state index is 2.26. The fraction of sp³-hybridized carbons (Fsp3) is 0.250. The minimum Gasteiger partial charge on any atom is -0.149 e. The zero-order chi connectivity index (χ0) is 12.9. The van der Waals surface area contributed by atoms with Crippen LogP contribution in [0.2, 0.25) is 0 Å². The summed E-state index contributed by atoms with van der Waals surface area (Å²) in [5.41, 5.74) is 0. The zero-order valence-corrected chi connectivity index (χ0v) is 13.1. The molecule has 0 radical (unpaired) electrons. The lowest BCUT2D eigenvalue weighted by atomic mass is 9.95. The van der Waals surface area contributed by atoms with E-state index in [4.69, 9.17) is 0 Å². The van der Waals surface area contributed by atoms with E-state index in [9.17, 15) is 0 Å². The quantitative estimate of drug-likeness (QED) is 0.563. The first-order valence-corrected chi connectivity index (χ1v) is 9.11. The molecule has 0 amide bonds. The summed E-state index contributed by atoms with van der Waals surface area (Å²) in [5, 5.41) is 6.55. The van der Waals surface area contributed by atoms with Crippen LogP contribution < -0.4 is 0 Å². The van der Waals surface area contributed by atoms with E-state index in [2.05, 4.69) is 52.5 Å². The standard InChI is InChI=1S/C16H16S3/c1-4-14(17-7-1)10-13(11-15-5-2-8-18-15)12-16-6-3-9-19-16/h1-9,13H,10-12H2. The normalized spacial score (nSPS) is 11.2.